The Bertz CT molecular complexity index is 1340. The third-order valence-corrected chi connectivity index (χ3v) is 6.50. The smallest absolute Gasteiger partial charge is 0.416 e. The van der Waals surface area contributed by atoms with E-state index in [0.29, 0.717) is 17.9 Å². The molecule has 0 saturated carbocycles. The lowest BCUT2D eigenvalue weighted by Crippen LogP contribution is -2.44. The first-order valence-corrected chi connectivity index (χ1v) is 13.0. The zero-order valence-electron chi connectivity index (χ0n) is 22.2. The lowest BCUT2D eigenvalue weighted by Gasteiger charge is -2.29. The predicted octanol–water partition coefficient (Wildman–Crippen LogP) is 6.94. The van der Waals surface area contributed by atoms with Crippen molar-refractivity contribution in [3.63, 3.8) is 0 Å². The molecular formula is C31H28F6N2O3. The Hall–Kier alpha value is -4.09. The Kier molecular flexibility index (Phi) is 10.1. The Labute approximate surface area is 238 Å². The molecule has 0 aliphatic carbocycles. The van der Waals surface area contributed by atoms with Crippen LogP contribution in [-0.4, -0.2) is 25.1 Å². The van der Waals surface area contributed by atoms with E-state index in [9.17, 15) is 31.1 Å². The maximum absolute atomic E-state index is 13.3. The van der Waals surface area contributed by atoms with E-state index in [0.717, 1.165) is 11.1 Å². The number of hydrogen-bond donors (Lipinski definition) is 2. The van der Waals surface area contributed by atoms with E-state index in [1.165, 1.54) is 6.26 Å². The molecule has 1 unspecified atom stereocenters. The number of rotatable bonds is 12. The predicted molar refractivity (Wildman–Crippen MR) is 143 cm³/mol. The van der Waals surface area contributed by atoms with Crippen molar-refractivity contribution in [3.05, 3.63) is 131 Å². The summed E-state index contributed by atoms with van der Waals surface area (Å²) in [5.74, 6) is -0.143. The van der Waals surface area contributed by atoms with E-state index >= 15 is 0 Å². The van der Waals surface area contributed by atoms with Gasteiger partial charge in [-0.05, 0) is 47.0 Å². The second-order valence-corrected chi connectivity index (χ2v) is 9.57. The van der Waals surface area contributed by atoms with E-state index in [1.54, 1.807) is 12.1 Å². The van der Waals surface area contributed by atoms with Gasteiger partial charge in [-0.1, -0.05) is 60.7 Å². The van der Waals surface area contributed by atoms with Gasteiger partial charge in [0.1, 0.15) is 5.76 Å². The van der Waals surface area contributed by atoms with Crippen LogP contribution in [0.5, 0.6) is 0 Å². The van der Waals surface area contributed by atoms with Gasteiger partial charge < -0.3 is 19.8 Å². The molecule has 2 N–H and O–H groups in total. The molecular weight excluding hydrogens is 562 g/mol. The average molecular weight is 591 g/mol. The zero-order chi connectivity index (χ0) is 30.2. The molecule has 1 aromatic heterocycles. The summed E-state index contributed by atoms with van der Waals surface area (Å²) >= 11 is 0. The fraction of sp³-hybridized carbons (Fsp3) is 0.258. The lowest BCUT2D eigenvalue weighted by molar-refractivity contribution is -0.143. The summed E-state index contributed by atoms with van der Waals surface area (Å²) in [4.78, 5) is 12.6. The average Bonchev–Trinajstić information content (AvgIpc) is 3.49. The number of nitrogens with one attached hydrogen (secondary N) is 2. The topological polar surface area (TPSA) is 63.5 Å². The van der Waals surface area contributed by atoms with E-state index < -0.39 is 36.1 Å². The van der Waals surface area contributed by atoms with Crippen LogP contribution in [0.3, 0.4) is 0 Å². The summed E-state index contributed by atoms with van der Waals surface area (Å²) in [6, 6.07) is 22.8. The van der Waals surface area contributed by atoms with Crippen LogP contribution in [0.2, 0.25) is 0 Å². The van der Waals surface area contributed by atoms with Gasteiger partial charge in [0, 0.05) is 12.0 Å². The molecule has 11 heteroatoms. The van der Waals surface area contributed by atoms with Gasteiger partial charge in [0.2, 0.25) is 5.91 Å². The molecule has 5 nitrogen and oxygen atoms in total. The highest BCUT2D eigenvalue weighted by Gasteiger charge is 2.37. The van der Waals surface area contributed by atoms with Crippen molar-refractivity contribution < 1.29 is 40.3 Å². The number of alkyl halides is 6. The van der Waals surface area contributed by atoms with Crippen LogP contribution in [0.25, 0.3) is 0 Å². The normalized spacial score (nSPS) is 12.8. The van der Waals surface area contributed by atoms with Crippen LogP contribution in [0.4, 0.5) is 26.3 Å². The fourth-order valence-electron chi connectivity index (χ4n) is 4.54. The summed E-state index contributed by atoms with van der Waals surface area (Å²) in [7, 11) is 0. The number of ether oxygens (including phenoxy) is 1. The van der Waals surface area contributed by atoms with E-state index in [2.05, 4.69) is 10.6 Å². The maximum atomic E-state index is 13.3. The van der Waals surface area contributed by atoms with Gasteiger partial charge in [0.05, 0.1) is 43.7 Å². The molecule has 0 fully saturated rings. The van der Waals surface area contributed by atoms with Crippen LogP contribution < -0.4 is 10.6 Å². The molecule has 0 spiro atoms. The molecule has 1 heterocycles. The van der Waals surface area contributed by atoms with Crippen LogP contribution in [0.15, 0.2) is 102 Å². The van der Waals surface area contributed by atoms with Crippen molar-refractivity contribution >= 4 is 5.91 Å². The molecule has 42 heavy (non-hydrogen) atoms. The number of halogens is 6. The van der Waals surface area contributed by atoms with Crippen LogP contribution in [0, 0.1) is 0 Å². The number of hydrogen-bond acceptors (Lipinski definition) is 4. The summed E-state index contributed by atoms with van der Waals surface area (Å²) in [6.07, 6.45) is -8.44. The maximum Gasteiger partial charge on any atom is 0.416 e. The van der Waals surface area contributed by atoms with Crippen LogP contribution in [0.1, 0.15) is 39.5 Å². The highest BCUT2D eigenvalue weighted by Crippen LogP contribution is 2.36. The second-order valence-electron chi connectivity index (χ2n) is 9.57. The molecule has 0 saturated heterocycles. The SMILES string of the molecule is O=C(CNC(COCc1cc(C(F)(F)F)cc(C(F)(F)F)c1)C(c1ccccc1)c1ccccc1)NCc1ccco1. The molecule has 222 valence electrons. The zero-order valence-corrected chi connectivity index (χ0v) is 22.2. The second kappa shape index (κ2) is 13.7. The van der Waals surface area contributed by atoms with Gasteiger partial charge in [0.25, 0.3) is 0 Å². The standard InChI is InChI=1S/C31H28F6N2O3/c32-30(33,34)24-14-21(15-25(16-24)31(35,36)37)19-41-20-27(38-18-28(40)39-17-26-12-7-13-42-26)29(22-8-3-1-4-9-22)23-10-5-2-6-11-23/h1-16,27,29,38H,17-20H2,(H,39,40). The van der Waals surface area contributed by atoms with Crippen molar-refractivity contribution in [3.8, 4) is 0 Å². The largest absolute Gasteiger partial charge is 0.467 e. The fourth-order valence-corrected chi connectivity index (χ4v) is 4.54. The van der Waals surface area contributed by atoms with Gasteiger partial charge >= 0.3 is 12.4 Å². The quantitative estimate of drug-likeness (QED) is 0.176. The van der Waals surface area contributed by atoms with Crippen molar-refractivity contribution in [2.75, 3.05) is 13.2 Å². The van der Waals surface area contributed by atoms with Gasteiger partial charge in [-0.2, -0.15) is 26.3 Å². The first-order valence-electron chi connectivity index (χ1n) is 13.0. The molecule has 1 amide bonds. The molecule has 0 radical (unpaired) electrons. The number of amides is 1. The summed E-state index contributed by atoms with van der Waals surface area (Å²) < 4.78 is 91.0. The van der Waals surface area contributed by atoms with E-state index in [1.807, 2.05) is 60.7 Å². The van der Waals surface area contributed by atoms with Crippen molar-refractivity contribution in [2.45, 2.75) is 37.5 Å². The van der Waals surface area contributed by atoms with Crippen molar-refractivity contribution in [1.29, 1.82) is 0 Å². The Morgan fingerprint density at radius 1 is 0.786 bits per heavy atom. The molecule has 0 aliphatic heterocycles. The molecule has 0 aliphatic rings. The third kappa shape index (κ3) is 8.70. The summed E-state index contributed by atoms with van der Waals surface area (Å²) in [5, 5.41) is 5.91. The minimum absolute atomic E-state index is 0.0794. The van der Waals surface area contributed by atoms with Crippen LogP contribution in [-0.2, 0) is 35.0 Å². The summed E-state index contributed by atoms with van der Waals surface area (Å²) in [6.45, 7) is -0.594. The Morgan fingerprint density at radius 2 is 1.36 bits per heavy atom. The number of benzene rings is 3. The highest BCUT2D eigenvalue weighted by molar-refractivity contribution is 5.78. The first-order chi connectivity index (χ1) is 20.0. The van der Waals surface area contributed by atoms with E-state index in [-0.39, 0.29) is 43.2 Å². The van der Waals surface area contributed by atoms with Crippen LogP contribution >= 0.6 is 0 Å². The van der Waals surface area contributed by atoms with Gasteiger partial charge in [-0.25, -0.2) is 0 Å². The van der Waals surface area contributed by atoms with Crippen molar-refractivity contribution in [1.82, 2.24) is 10.6 Å². The van der Waals surface area contributed by atoms with Crippen molar-refractivity contribution in [2.24, 2.45) is 0 Å². The number of furan rings is 1. The minimum atomic E-state index is -4.96. The molecule has 3 aromatic carbocycles. The van der Waals surface area contributed by atoms with Gasteiger partial charge in [0.15, 0.2) is 0 Å². The summed E-state index contributed by atoms with van der Waals surface area (Å²) in [5.41, 5.74) is -1.35. The first kappa shape index (κ1) is 30.9. The molecule has 1 atom stereocenters. The Morgan fingerprint density at radius 3 is 1.86 bits per heavy atom. The lowest BCUT2D eigenvalue weighted by atomic mass is 9.85. The van der Waals surface area contributed by atoms with Gasteiger partial charge in [-0.15, -0.1) is 0 Å². The monoisotopic (exact) mass is 590 g/mol. The highest BCUT2D eigenvalue weighted by atomic mass is 19.4. The molecule has 4 aromatic rings. The number of carbonyl (C=O) groups is 1. The Balaban J connectivity index is 1.56. The minimum Gasteiger partial charge on any atom is -0.467 e. The van der Waals surface area contributed by atoms with Gasteiger partial charge in [-0.3, -0.25) is 4.79 Å². The number of carbonyl (C=O) groups excluding carboxylic acids is 1. The third-order valence-electron chi connectivity index (χ3n) is 6.50. The van der Waals surface area contributed by atoms with E-state index in [4.69, 9.17) is 9.15 Å². The molecule has 0 bridgehead atoms. The molecule has 4 rings (SSSR count).